The molecule has 0 aliphatic rings. The van der Waals surface area contributed by atoms with Crippen molar-refractivity contribution in [2.45, 2.75) is 13.8 Å². The molecule has 2 N–H and O–H groups in total. The maximum Gasteiger partial charge on any atom is 0.232 e. The highest BCUT2D eigenvalue weighted by Crippen LogP contribution is 2.36. The minimum Gasteiger partial charge on any atom is -0.480 e. The molecular formula is C15H14ClN3O. The minimum atomic E-state index is 0.276. The molecule has 4 nitrogen and oxygen atoms in total. The molecule has 1 aromatic heterocycles. The molecular weight excluding hydrogens is 274 g/mol. The molecule has 0 aliphatic heterocycles. The average molecular weight is 288 g/mol. The maximum atomic E-state index is 9.43. The number of halogens is 1. The van der Waals surface area contributed by atoms with Crippen LogP contribution in [0.15, 0.2) is 23.9 Å². The molecule has 0 amide bonds. The molecule has 0 atom stereocenters. The summed E-state index contributed by atoms with van der Waals surface area (Å²) in [4.78, 5) is 4.34. The molecule has 20 heavy (non-hydrogen) atoms. The van der Waals surface area contributed by atoms with Crippen molar-refractivity contribution >= 4 is 28.1 Å². The standard InChI is InChI=1S/C15H14ClN3O/c1-8(9(2)18)13-10(7-17)15(20-3)19-12-6-4-5-11(16)14(12)13/h4-6H,18H2,1-3H3. The van der Waals surface area contributed by atoms with Gasteiger partial charge in [0.2, 0.25) is 5.88 Å². The molecule has 1 aromatic carbocycles. The number of allylic oxidation sites excluding steroid dienone is 2. The van der Waals surface area contributed by atoms with E-state index in [1.807, 2.05) is 13.0 Å². The van der Waals surface area contributed by atoms with Crippen molar-refractivity contribution in [3.63, 3.8) is 0 Å². The van der Waals surface area contributed by atoms with Crippen LogP contribution in [-0.2, 0) is 0 Å². The lowest BCUT2D eigenvalue weighted by Gasteiger charge is -2.14. The number of nitrogens with two attached hydrogens (primary N) is 1. The molecule has 0 aliphatic carbocycles. The van der Waals surface area contributed by atoms with Gasteiger partial charge in [-0.1, -0.05) is 17.7 Å². The van der Waals surface area contributed by atoms with Crippen molar-refractivity contribution in [1.29, 1.82) is 5.26 Å². The van der Waals surface area contributed by atoms with Crippen molar-refractivity contribution in [1.82, 2.24) is 4.98 Å². The lowest BCUT2D eigenvalue weighted by molar-refractivity contribution is 0.398. The lowest BCUT2D eigenvalue weighted by atomic mass is 9.96. The smallest absolute Gasteiger partial charge is 0.232 e. The number of aromatic nitrogens is 1. The SMILES string of the molecule is COc1nc2cccc(Cl)c2c(C(C)=C(C)N)c1C#N. The first-order valence-electron chi connectivity index (χ1n) is 6.00. The Hall–Kier alpha value is -2.25. The van der Waals surface area contributed by atoms with Crippen molar-refractivity contribution in [2.75, 3.05) is 7.11 Å². The van der Waals surface area contributed by atoms with Crippen molar-refractivity contribution in [3.8, 4) is 11.9 Å². The van der Waals surface area contributed by atoms with Crippen LogP contribution in [0, 0.1) is 11.3 Å². The Morgan fingerprint density at radius 1 is 1.40 bits per heavy atom. The van der Waals surface area contributed by atoms with Crippen LogP contribution in [0.4, 0.5) is 0 Å². The van der Waals surface area contributed by atoms with Gasteiger partial charge in [0.25, 0.3) is 0 Å². The Morgan fingerprint density at radius 2 is 2.10 bits per heavy atom. The maximum absolute atomic E-state index is 9.43. The summed E-state index contributed by atoms with van der Waals surface area (Å²) in [6, 6.07) is 7.53. The topological polar surface area (TPSA) is 71.9 Å². The summed E-state index contributed by atoms with van der Waals surface area (Å²) in [5.41, 5.74) is 9.00. The molecule has 0 spiro atoms. The number of hydrogen-bond donors (Lipinski definition) is 1. The summed E-state index contributed by atoms with van der Waals surface area (Å²) in [5, 5.41) is 10.7. The zero-order valence-electron chi connectivity index (χ0n) is 11.5. The van der Waals surface area contributed by atoms with Crippen LogP contribution in [0.5, 0.6) is 5.88 Å². The van der Waals surface area contributed by atoms with Crippen LogP contribution in [-0.4, -0.2) is 12.1 Å². The number of nitrogens with zero attached hydrogens (tertiary/aromatic N) is 2. The van der Waals surface area contributed by atoms with Gasteiger partial charge in [-0.15, -0.1) is 0 Å². The fourth-order valence-electron chi connectivity index (χ4n) is 2.07. The quantitative estimate of drug-likeness (QED) is 0.918. The number of rotatable bonds is 2. The Balaban J connectivity index is 3.08. The average Bonchev–Trinajstić information content (AvgIpc) is 2.44. The molecule has 0 fully saturated rings. The van der Waals surface area contributed by atoms with Crippen LogP contribution in [0.2, 0.25) is 5.02 Å². The second-order valence-electron chi connectivity index (χ2n) is 4.42. The molecule has 5 heteroatoms. The number of ether oxygens (including phenoxy) is 1. The highest BCUT2D eigenvalue weighted by molar-refractivity contribution is 6.36. The van der Waals surface area contributed by atoms with Gasteiger partial charge in [0, 0.05) is 16.6 Å². The monoisotopic (exact) mass is 287 g/mol. The molecule has 1 heterocycles. The van der Waals surface area contributed by atoms with Crippen LogP contribution < -0.4 is 10.5 Å². The first-order valence-corrected chi connectivity index (χ1v) is 6.38. The van der Waals surface area contributed by atoms with E-state index in [-0.39, 0.29) is 5.88 Å². The molecule has 0 radical (unpaired) electrons. The Bertz CT molecular complexity index is 756. The highest BCUT2D eigenvalue weighted by Gasteiger charge is 2.19. The van der Waals surface area contributed by atoms with Gasteiger partial charge in [-0.2, -0.15) is 5.26 Å². The van der Waals surface area contributed by atoms with Gasteiger partial charge in [0.1, 0.15) is 11.6 Å². The summed E-state index contributed by atoms with van der Waals surface area (Å²) in [6.45, 7) is 3.64. The Morgan fingerprint density at radius 3 is 2.65 bits per heavy atom. The summed E-state index contributed by atoms with van der Waals surface area (Å²) in [6.07, 6.45) is 0. The predicted molar refractivity (Wildman–Crippen MR) is 80.5 cm³/mol. The zero-order chi connectivity index (χ0) is 14.9. The predicted octanol–water partition coefficient (Wildman–Crippen LogP) is 3.48. The number of methoxy groups -OCH3 is 1. The van der Waals surface area contributed by atoms with Crippen LogP contribution in [0.25, 0.3) is 16.5 Å². The highest BCUT2D eigenvalue weighted by atomic mass is 35.5. The third kappa shape index (κ3) is 2.17. The van der Waals surface area contributed by atoms with Gasteiger partial charge in [-0.3, -0.25) is 0 Å². The number of benzene rings is 1. The zero-order valence-corrected chi connectivity index (χ0v) is 12.2. The van der Waals surface area contributed by atoms with Gasteiger partial charge >= 0.3 is 0 Å². The second-order valence-corrected chi connectivity index (χ2v) is 4.83. The number of pyridine rings is 1. The molecule has 0 saturated carbocycles. The van der Waals surface area contributed by atoms with Crippen LogP contribution in [0.1, 0.15) is 25.0 Å². The van der Waals surface area contributed by atoms with Gasteiger partial charge in [0.15, 0.2) is 0 Å². The third-order valence-corrected chi connectivity index (χ3v) is 3.51. The van der Waals surface area contributed by atoms with E-state index in [0.717, 1.165) is 5.57 Å². The van der Waals surface area contributed by atoms with Crippen LogP contribution >= 0.6 is 11.6 Å². The van der Waals surface area contributed by atoms with E-state index in [0.29, 0.717) is 32.7 Å². The van der Waals surface area contributed by atoms with Gasteiger partial charge in [-0.25, -0.2) is 4.98 Å². The molecule has 2 aromatic rings. The Kier molecular flexibility index (Phi) is 3.82. The van der Waals surface area contributed by atoms with Crippen molar-refractivity contribution in [3.05, 3.63) is 40.0 Å². The normalized spacial score (nSPS) is 11.9. The number of fused-ring (bicyclic) bond motifs is 1. The van der Waals surface area contributed by atoms with E-state index in [2.05, 4.69) is 11.1 Å². The summed E-state index contributed by atoms with van der Waals surface area (Å²) >= 11 is 6.28. The summed E-state index contributed by atoms with van der Waals surface area (Å²) < 4.78 is 5.21. The first kappa shape index (κ1) is 14.2. The molecule has 0 saturated heterocycles. The fourth-order valence-corrected chi connectivity index (χ4v) is 2.34. The summed E-state index contributed by atoms with van der Waals surface area (Å²) in [5.74, 6) is 0.276. The van der Waals surface area contributed by atoms with E-state index in [1.165, 1.54) is 7.11 Å². The lowest BCUT2D eigenvalue weighted by Crippen LogP contribution is -2.02. The molecule has 2 rings (SSSR count). The van der Waals surface area contributed by atoms with Gasteiger partial charge < -0.3 is 10.5 Å². The minimum absolute atomic E-state index is 0.276. The largest absolute Gasteiger partial charge is 0.480 e. The van der Waals surface area contributed by atoms with Gasteiger partial charge in [-0.05, 0) is 31.6 Å². The number of nitriles is 1. The first-order chi connectivity index (χ1) is 9.51. The van der Waals surface area contributed by atoms with E-state index >= 15 is 0 Å². The van der Waals surface area contributed by atoms with E-state index in [4.69, 9.17) is 22.1 Å². The van der Waals surface area contributed by atoms with Crippen LogP contribution in [0.3, 0.4) is 0 Å². The van der Waals surface area contributed by atoms with Crippen molar-refractivity contribution in [2.24, 2.45) is 5.73 Å². The summed E-state index contributed by atoms with van der Waals surface area (Å²) in [7, 11) is 1.48. The fraction of sp³-hybridized carbons (Fsp3) is 0.200. The molecule has 102 valence electrons. The van der Waals surface area contributed by atoms with E-state index in [1.54, 1.807) is 19.1 Å². The molecule has 0 unspecified atom stereocenters. The Labute approximate surface area is 122 Å². The van der Waals surface area contributed by atoms with Gasteiger partial charge in [0.05, 0.1) is 17.6 Å². The van der Waals surface area contributed by atoms with Crippen molar-refractivity contribution < 1.29 is 4.74 Å². The molecule has 0 bridgehead atoms. The third-order valence-electron chi connectivity index (χ3n) is 3.20. The second kappa shape index (κ2) is 5.40. The van der Waals surface area contributed by atoms with E-state index in [9.17, 15) is 5.26 Å². The van der Waals surface area contributed by atoms with E-state index < -0.39 is 0 Å². The number of hydrogen-bond acceptors (Lipinski definition) is 4.